The standard InChI is InChI=1S/C5H11N.C4H8/c1-2-4-6-5-3-1;1-2-4-3-1/h6H,1-5H2;1-4H2. The summed E-state index contributed by atoms with van der Waals surface area (Å²) in [6, 6.07) is 0. The van der Waals surface area contributed by atoms with Crippen LogP contribution < -0.4 is 5.32 Å². The Labute approximate surface area is 64.2 Å². The van der Waals surface area contributed by atoms with Gasteiger partial charge < -0.3 is 5.32 Å². The first-order chi connectivity index (χ1) is 5.00. The van der Waals surface area contributed by atoms with Crippen molar-refractivity contribution in [3.05, 3.63) is 0 Å². The van der Waals surface area contributed by atoms with Crippen LogP contribution in [0.3, 0.4) is 0 Å². The van der Waals surface area contributed by atoms with Crippen molar-refractivity contribution < 1.29 is 0 Å². The highest BCUT2D eigenvalue weighted by molar-refractivity contribution is 4.55. The molecule has 0 aromatic carbocycles. The van der Waals surface area contributed by atoms with E-state index >= 15 is 0 Å². The van der Waals surface area contributed by atoms with Crippen LogP contribution in [0.5, 0.6) is 0 Å². The Kier molecular flexibility index (Phi) is 4.61. The molecule has 2 rings (SSSR count). The number of nitrogens with one attached hydrogen (secondary N) is 1. The summed E-state index contributed by atoms with van der Waals surface area (Å²) in [5, 5.41) is 3.28. The van der Waals surface area contributed by atoms with Crippen molar-refractivity contribution in [3.8, 4) is 0 Å². The summed E-state index contributed by atoms with van der Waals surface area (Å²) in [5.74, 6) is 0. The fraction of sp³-hybridized carbons (Fsp3) is 1.00. The first kappa shape index (κ1) is 8.06. The average molecular weight is 141 g/mol. The molecule has 0 spiro atoms. The minimum Gasteiger partial charge on any atom is -0.317 e. The van der Waals surface area contributed by atoms with Crippen LogP contribution in [-0.2, 0) is 0 Å². The lowest BCUT2D eigenvalue weighted by Crippen LogP contribution is -2.21. The molecule has 0 radical (unpaired) electrons. The quantitative estimate of drug-likeness (QED) is 0.546. The van der Waals surface area contributed by atoms with Crippen LogP contribution in [0.25, 0.3) is 0 Å². The SMILES string of the molecule is C1CCC1.C1CCNCC1. The van der Waals surface area contributed by atoms with Gasteiger partial charge in [-0.2, -0.15) is 0 Å². The van der Waals surface area contributed by atoms with E-state index in [1.807, 2.05) is 0 Å². The molecule has 1 N–H and O–H groups in total. The van der Waals surface area contributed by atoms with Gasteiger partial charge in [-0.05, 0) is 25.9 Å². The molecular formula is C9H19N. The lowest BCUT2D eigenvalue weighted by atomic mass is 10.0. The Bertz CT molecular complexity index is 47.6. The van der Waals surface area contributed by atoms with Gasteiger partial charge in [-0.3, -0.25) is 0 Å². The third-order valence-corrected chi connectivity index (χ3v) is 2.21. The maximum absolute atomic E-state index is 3.28. The first-order valence-corrected chi connectivity index (χ1v) is 4.71. The first-order valence-electron chi connectivity index (χ1n) is 4.71. The average Bonchev–Trinajstić information content (AvgIpc) is 1.88. The largest absolute Gasteiger partial charge is 0.317 e. The van der Waals surface area contributed by atoms with Gasteiger partial charge in [0.15, 0.2) is 0 Å². The molecule has 2 aliphatic rings. The molecule has 1 nitrogen and oxygen atoms in total. The second kappa shape index (κ2) is 5.72. The van der Waals surface area contributed by atoms with E-state index in [0.717, 1.165) is 0 Å². The summed E-state index contributed by atoms with van der Waals surface area (Å²) < 4.78 is 0. The Balaban J connectivity index is 0.000000108. The maximum Gasteiger partial charge on any atom is -0.00489 e. The molecule has 10 heavy (non-hydrogen) atoms. The summed E-state index contributed by atoms with van der Waals surface area (Å²) in [5.41, 5.74) is 0. The van der Waals surface area contributed by atoms with Crippen LogP contribution in [0.1, 0.15) is 44.9 Å². The summed E-state index contributed by atoms with van der Waals surface area (Å²) in [6.45, 7) is 2.50. The molecule has 1 saturated heterocycles. The van der Waals surface area contributed by atoms with Gasteiger partial charge in [0.25, 0.3) is 0 Å². The van der Waals surface area contributed by atoms with Gasteiger partial charge in [0, 0.05) is 0 Å². The monoisotopic (exact) mass is 141 g/mol. The van der Waals surface area contributed by atoms with Gasteiger partial charge in [0.2, 0.25) is 0 Å². The van der Waals surface area contributed by atoms with Crippen LogP contribution in [0.15, 0.2) is 0 Å². The van der Waals surface area contributed by atoms with Crippen LogP contribution >= 0.6 is 0 Å². The zero-order chi connectivity index (χ0) is 7.07. The summed E-state index contributed by atoms with van der Waals surface area (Å²) in [7, 11) is 0. The minimum atomic E-state index is 1.25. The van der Waals surface area contributed by atoms with Gasteiger partial charge in [-0.25, -0.2) is 0 Å². The molecule has 0 aromatic heterocycles. The van der Waals surface area contributed by atoms with Gasteiger partial charge in [-0.1, -0.05) is 32.1 Å². The normalized spacial score (nSPS) is 24.0. The number of piperidine rings is 1. The molecule has 2 fully saturated rings. The topological polar surface area (TPSA) is 12.0 Å². The fourth-order valence-corrected chi connectivity index (χ4v) is 1.05. The number of hydrogen-bond acceptors (Lipinski definition) is 1. The summed E-state index contributed by atoms with van der Waals surface area (Å²) >= 11 is 0. The number of hydrogen-bond donors (Lipinski definition) is 1. The van der Waals surface area contributed by atoms with E-state index in [1.54, 1.807) is 0 Å². The predicted octanol–water partition coefficient (Wildman–Crippen LogP) is 2.32. The van der Waals surface area contributed by atoms with Gasteiger partial charge in [-0.15, -0.1) is 0 Å². The Morgan fingerprint density at radius 1 is 0.500 bits per heavy atom. The fourth-order valence-electron chi connectivity index (χ4n) is 1.05. The van der Waals surface area contributed by atoms with Gasteiger partial charge in [0.1, 0.15) is 0 Å². The van der Waals surface area contributed by atoms with Crippen molar-refractivity contribution in [1.82, 2.24) is 5.32 Å². The van der Waals surface area contributed by atoms with Gasteiger partial charge >= 0.3 is 0 Å². The van der Waals surface area contributed by atoms with Crippen molar-refractivity contribution in [1.29, 1.82) is 0 Å². The molecule has 1 aliphatic carbocycles. The van der Waals surface area contributed by atoms with Crippen molar-refractivity contribution in [2.75, 3.05) is 13.1 Å². The molecular weight excluding hydrogens is 122 g/mol. The predicted molar refractivity (Wildman–Crippen MR) is 45.2 cm³/mol. The highest BCUT2D eigenvalue weighted by atomic mass is 14.9. The Morgan fingerprint density at radius 2 is 0.900 bits per heavy atom. The molecule has 0 aromatic rings. The molecule has 0 unspecified atom stereocenters. The van der Waals surface area contributed by atoms with Gasteiger partial charge in [0.05, 0.1) is 0 Å². The molecule has 1 heterocycles. The van der Waals surface area contributed by atoms with E-state index in [2.05, 4.69) is 5.32 Å². The summed E-state index contributed by atoms with van der Waals surface area (Å²) in [4.78, 5) is 0. The van der Waals surface area contributed by atoms with Crippen molar-refractivity contribution in [2.24, 2.45) is 0 Å². The Morgan fingerprint density at radius 3 is 1.00 bits per heavy atom. The lowest BCUT2D eigenvalue weighted by molar-refractivity contribution is 0.504. The van der Waals surface area contributed by atoms with Crippen molar-refractivity contribution >= 4 is 0 Å². The van der Waals surface area contributed by atoms with E-state index < -0.39 is 0 Å². The minimum absolute atomic E-state index is 1.25. The Hall–Kier alpha value is -0.0400. The molecule has 0 atom stereocenters. The lowest BCUT2D eigenvalue weighted by Gasteiger charge is -2.08. The third kappa shape index (κ3) is 3.89. The molecule has 60 valence electrons. The van der Waals surface area contributed by atoms with E-state index in [-0.39, 0.29) is 0 Å². The zero-order valence-electron chi connectivity index (χ0n) is 6.86. The van der Waals surface area contributed by atoms with Crippen LogP contribution in [-0.4, -0.2) is 13.1 Å². The highest BCUT2D eigenvalue weighted by Gasteiger charge is 1.95. The van der Waals surface area contributed by atoms with E-state index in [1.165, 1.54) is 58.0 Å². The molecule has 1 saturated carbocycles. The van der Waals surface area contributed by atoms with Crippen LogP contribution in [0.4, 0.5) is 0 Å². The second-order valence-corrected chi connectivity index (χ2v) is 3.22. The van der Waals surface area contributed by atoms with Crippen LogP contribution in [0.2, 0.25) is 0 Å². The van der Waals surface area contributed by atoms with Crippen molar-refractivity contribution in [3.63, 3.8) is 0 Å². The third-order valence-electron chi connectivity index (χ3n) is 2.21. The van der Waals surface area contributed by atoms with E-state index in [4.69, 9.17) is 0 Å². The highest BCUT2D eigenvalue weighted by Crippen LogP contribution is 2.15. The van der Waals surface area contributed by atoms with Crippen LogP contribution in [0, 0.1) is 0 Å². The van der Waals surface area contributed by atoms with E-state index in [9.17, 15) is 0 Å². The maximum atomic E-state index is 3.28. The van der Waals surface area contributed by atoms with E-state index in [0.29, 0.717) is 0 Å². The van der Waals surface area contributed by atoms with Crippen molar-refractivity contribution in [2.45, 2.75) is 44.9 Å². The molecule has 1 aliphatic heterocycles. The molecule has 0 amide bonds. The molecule has 0 bridgehead atoms. The molecule has 1 heteroatoms. The number of rotatable bonds is 0. The summed E-state index contributed by atoms with van der Waals surface area (Å²) in [6.07, 6.45) is 10.2. The second-order valence-electron chi connectivity index (χ2n) is 3.22. The smallest absolute Gasteiger partial charge is 0.00489 e. The zero-order valence-corrected chi connectivity index (χ0v) is 6.86.